The van der Waals surface area contributed by atoms with Crippen LogP contribution in [-0.2, 0) is 6.42 Å². The smallest absolute Gasteiger partial charge is 0.223 e. The fraction of sp³-hybridized carbons (Fsp3) is 0.200. The molecule has 2 aliphatic carbocycles. The van der Waals surface area contributed by atoms with Crippen molar-refractivity contribution in [3.8, 4) is 23.5 Å². The fourth-order valence-electron chi connectivity index (χ4n) is 2.14. The van der Waals surface area contributed by atoms with Gasteiger partial charge in [-0.1, -0.05) is 24.3 Å². The van der Waals surface area contributed by atoms with Gasteiger partial charge in [0.2, 0.25) is 5.95 Å². The third-order valence-corrected chi connectivity index (χ3v) is 3.28. The maximum absolute atomic E-state index is 5.50. The number of terminal acetylenes is 1. The maximum Gasteiger partial charge on any atom is 0.223 e. The molecule has 1 aromatic heterocycles. The quantitative estimate of drug-likeness (QED) is 0.599. The summed E-state index contributed by atoms with van der Waals surface area (Å²) in [5.41, 5.74) is 9.99. The van der Waals surface area contributed by atoms with Gasteiger partial charge in [0, 0.05) is 12.1 Å². The molecule has 2 heterocycles. The van der Waals surface area contributed by atoms with Gasteiger partial charge in [-0.15, -0.1) is 6.42 Å². The Labute approximate surface area is 112 Å². The molecule has 0 spiro atoms. The third kappa shape index (κ3) is 2.11. The minimum atomic E-state index is 0.237. The molecule has 4 heteroatoms. The van der Waals surface area contributed by atoms with Gasteiger partial charge < -0.3 is 11.1 Å². The zero-order valence-electron chi connectivity index (χ0n) is 10.5. The lowest BCUT2D eigenvalue weighted by Crippen LogP contribution is -2.16. The predicted octanol–water partition coefficient (Wildman–Crippen LogP) is 2.07. The van der Waals surface area contributed by atoms with Gasteiger partial charge in [-0.2, -0.15) is 4.98 Å². The minimum absolute atomic E-state index is 0.237. The van der Waals surface area contributed by atoms with Crippen LogP contribution < -0.4 is 11.1 Å². The number of nitrogens with two attached hydrogens (primary N) is 1. The first-order chi connectivity index (χ1) is 9.28. The van der Waals surface area contributed by atoms with Crippen molar-refractivity contribution in [3.05, 3.63) is 35.5 Å². The Morgan fingerprint density at radius 2 is 1.84 bits per heavy atom. The summed E-state index contributed by atoms with van der Waals surface area (Å²) >= 11 is 0. The van der Waals surface area contributed by atoms with Crippen LogP contribution in [0.15, 0.2) is 24.3 Å². The summed E-state index contributed by atoms with van der Waals surface area (Å²) in [6, 6.07) is 8.48. The number of nitrogens with zero attached hydrogens (tertiary/aromatic N) is 2. The molecular formula is C15H14N4. The molecule has 94 valence electrons. The van der Waals surface area contributed by atoms with Gasteiger partial charge in [-0.25, -0.2) is 4.98 Å². The summed E-state index contributed by atoms with van der Waals surface area (Å²) in [7, 11) is 0. The predicted molar refractivity (Wildman–Crippen MR) is 76.6 cm³/mol. The summed E-state index contributed by atoms with van der Waals surface area (Å²) in [4.78, 5) is 8.08. The van der Waals surface area contributed by atoms with Gasteiger partial charge in [0.1, 0.15) is 11.5 Å². The van der Waals surface area contributed by atoms with Crippen LogP contribution in [0.4, 0.5) is 11.8 Å². The Balaban J connectivity index is 0.000000151. The van der Waals surface area contributed by atoms with Crippen LogP contribution in [-0.4, -0.2) is 16.5 Å². The molecule has 0 radical (unpaired) electrons. The van der Waals surface area contributed by atoms with Crippen LogP contribution in [0, 0.1) is 12.3 Å². The van der Waals surface area contributed by atoms with E-state index in [4.69, 9.17) is 12.2 Å². The molecule has 1 aromatic rings. The van der Waals surface area contributed by atoms with E-state index in [1.807, 2.05) is 0 Å². The van der Waals surface area contributed by atoms with Crippen molar-refractivity contribution < 1.29 is 0 Å². The number of nitrogen functional groups attached to an aromatic ring is 1. The summed E-state index contributed by atoms with van der Waals surface area (Å²) in [6.07, 6.45) is 7.32. The second-order valence-corrected chi connectivity index (χ2v) is 4.51. The number of hydrogen-bond acceptors (Lipinski definition) is 4. The number of benzene rings is 1. The fourth-order valence-corrected chi connectivity index (χ4v) is 2.14. The zero-order valence-corrected chi connectivity index (χ0v) is 10.5. The van der Waals surface area contributed by atoms with Crippen LogP contribution in [0.3, 0.4) is 0 Å². The van der Waals surface area contributed by atoms with E-state index in [1.165, 1.54) is 11.1 Å². The van der Waals surface area contributed by atoms with Crippen molar-refractivity contribution in [2.75, 3.05) is 17.6 Å². The molecule has 0 amide bonds. The Hall–Kier alpha value is -2.54. The molecule has 4 nitrogen and oxygen atoms in total. The van der Waals surface area contributed by atoms with Crippen LogP contribution in [0.2, 0.25) is 0 Å². The molecule has 0 aromatic carbocycles. The number of rotatable bonds is 0. The van der Waals surface area contributed by atoms with Crippen LogP contribution >= 0.6 is 0 Å². The van der Waals surface area contributed by atoms with E-state index in [0.717, 1.165) is 30.8 Å². The van der Waals surface area contributed by atoms with Crippen molar-refractivity contribution in [1.82, 2.24) is 9.97 Å². The standard InChI is InChI=1S/C9H10N4.C6H4/c1-2-7-6-4-3-5-11-8(6)13-9(10)12-7;1-2-6-4-3-5(1)6/h1H,3-5H2,(H3,10,11,12,13);1-4H. The van der Waals surface area contributed by atoms with E-state index in [0.29, 0.717) is 5.69 Å². The highest BCUT2D eigenvalue weighted by atomic mass is 15.1. The van der Waals surface area contributed by atoms with E-state index in [1.54, 1.807) is 0 Å². The molecule has 0 saturated carbocycles. The SMILES string of the molecule is C#Cc1nc(N)nc2c1CCCN2.c1cc2ccc1-2. The molecule has 0 unspecified atom stereocenters. The Morgan fingerprint density at radius 1 is 1.16 bits per heavy atom. The van der Waals surface area contributed by atoms with E-state index >= 15 is 0 Å². The summed E-state index contributed by atoms with van der Waals surface area (Å²) < 4.78 is 0. The summed E-state index contributed by atoms with van der Waals surface area (Å²) in [5, 5.41) is 3.15. The van der Waals surface area contributed by atoms with E-state index in [9.17, 15) is 0 Å². The van der Waals surface area contributed by atoms with Crippen molar-refractivity contribution in [2.24, 2.45) is 0 Å². The van der Waals surface area contributed by atoms with Crippen molar-refractivity contribution in [2.45, 2.75) is 12.8 Å². The number of nitrogens with one attached hydrogen (secondary N) is 1. The van der Waals surface area contributed by atoms with E-state index in [2.05, 4.69) is 45.5 Å². The molecule has 3 aliphatic rings. The summed E-state index contributed by atoms with van der Waals surface area (Å²) in [5.74, 6) is 3.56. The molecule has 3 N–H and O–H groups in total. The van der Waals surface area contributed by atoms with Gasteiger partial charge in [-0.05, 0) is 29.9 Å². The van der Waals surface area contributed by atoms with Gasteiger partial charge in [-0.3, -0.25) is 0 Å². The second-order valence-electron chi connectivity index (χ2n) is 4.51. The molecule has 0 fully saturated rings. The zero-order chi connectivity index (χ0) is 13.2. The van der Waals surface area contributed by atoms with Gasteiger partial charge >= 0.3 is 0 Å². The average molecular weight is 250 g/mol. The van der Waals surface area contributed by atoms with Crippen molar-refractivity contribution >= 4 is 11.8 Å². The molecule has 19 heavy (non-hydrogen) atoms. The number of anilines is 2. The van der Waals surface area contributed by atoms with Crippen molar-refractivity contribution in [1.29, 1.82) is 0 Å². The first kappa shape index (κ1) is 11.5. The maximum atomic E-state index is 5.50. The molecule has 0 bridgehead atoms. The van der Waals surface area contributed by atoms with Crippen LogP contribution in [0.5, 0.6) is 0 Å². The average Bonchev–Trinajstić information content (AvgIpc) is 2.42. The summed E-state index contributed by atoms with van der Waals surface area (Å²) in [6.45, 7) is 0.924. The highest BCUT2D eigenvalue weighted by Gasteiger charge is 2.14. The van der Waals surface area contributed by atoms with E-state index in [-0.39, 0.29) is 5.95 Å². The topological polar surface area (TPSA) is 63.8 Å². The monoisotopic (exact) mass is 250 g/mol. The second kappa shape index (κ2) is 4.62. The highest BCUT2D eigenvalue weighted by Crippen LogP contribution is 2.29. The highest BCUT2D eigenvalue weighted by molar-refractivity contribution is 5.75. The Kier molecular flexibility index (Phi) is 2.81. The third-order valence-electron chi connectivity index (χ3n) is 3.28. The van der Waals surface area contributed by atoms with Gasteiger partial charge in [0.15, 0.2) is 0 Å². The minimum Gasteiger partial charge on any atom is -0.370 e. The lowest BCUT2D eigenvalue weighted by atomic mass is 9.95. The van der Waals surface area contributed by atoms with E-state index < -0.39 is 0 Å². The first-order valence-electron chi connectivity index (χ1n) is 6.25. The van der Waals surface area contributed by atoms with Crippen LogP contribution in [0.25, 0.3) is 11.1 Å². The number of aromatic nitrogens is 2. The Morgan fingerprint density at radius 3 is 2.37 bits per heavy atom. The van der Waals surface area contributed by atoms with Crippen molar-refractivity contribution in [3.63, 3.8) is 0 Å². The number of fused-ring (bicyclic) bond motifs is 2. The first-order valence-corrected chi connectivity index (χ1v) is 6.25. The molecule has 4 rings (SSSR count). The Bertz CT molecular complexity index is 632. The molecular weight excluding hydrogens is 236 g/mol. The number of hydrogen-bond donors (Lipinski definition) is 2. The molecule has 1 aliphatic heterocycles. The largest absolute Gasteiger partial charge is 0.370 e. The molecule has 0 saturated heterocycles. The molecule has 0 atom stereocenters. The normalized spacial score (nSPS) is 13.2. The van der Waals surface area contributed by atoms with Crippen LogP contribution in [0.1, 0.15) is 17.7 Å². The van der Waals surface area contributed by atoms with Gasteiger partial charge in [0.25, 0.3) is 0 Å². The lowest BCUT2D eigenvalue weighted by molar-refractivity contribution is 0.807. The lowest BCUT2D eigenvalue weighted by Gasteiger charge is -2.17. The van der Waals surface area contributed by atoms with Gasteiger partial charge in [0.05, 0.1) is 0 Å².